The number of benzene rings is 1. The van der Waals surface area contributed by atoms with Gasteiger partial charge in [0.2, 0.25) is 0 Å². The van der Waals surface area contributed by atoms with Crippen LogP contribution in [0.2, 0.25) is 10.0 Å². The highest BCUT2D eigenvalue weighted by atomic mass is 35.5. The third-order valence-corrected chi connectivity index (χ3v) is 3.96. The number of nitrogens with two attached hydrogens (primary N) is 1. The normalized spacial score (nSPS) is 12.3. The number of carbonyl (C=O) groups is 1. The van der Waals surface area contributed by atoms with E-state index >= 15 is 0 Å². The van der Waals surface area contributed by atoms with Gasteiger partial charge in [-0.1, -0.05) is 23.2 Å². The van der Waals surface area contributed by atoms with E-state index in [1.54, 1.807) is 0 Å². The van der Waals surface area contributed by atoms with E-state index in [0.29, 0.717) is 25.0 Å². The second-order valence-corrected chi connectivity index (χ2v) is 5.74. The van der Waals surface area contributed by atoms with Crippen molar-refractivity contribution in [2.75, 3.05) is 13.2 Å². The number of carboxylic acids is 1. The van der Waals surface area contributed by atoms with Crippen LogP contribution in [0.4, 0.5) is 0 Å². The monoisotopic (exact) mass is 359 g/mol. The van der Waals surface area contributed by atoms with E-state index in [9.17, 15) is 9.59 Å². The molecular formula is C15H15Cl2NO5. The van der Waals surface area contributed by atoms with Crippen LogP contribution in [0.5, 0.6) is 5.75 Å². The molecule has 1 atom stereocenters. The van der Waals surface area contributed by atoms with Gasteiger partial charge in [-0.15, -0.1) is 0 Å². The molecule has 0 saturated carbocycles. The molecule has 23 heavy (non-hydrogen) atoms. The lowest BCUT2D eigenvalue weighted by atomic mass is 10.0. The third kappa shape index (κ3) is 3.60. The van der Waals surface area contributed by atoms with Crippen LogP contribution in [0.25, 0.3) is 11.0 Å². The van der Waals surface area contributed by atoms with Crippen LogP contribution >= 0.6 is 23.2 Å². The van der Waals surface area contributed by atoms with Crippen LogP contribution in [0.15, 0.2) is 21.3 Å². The van der Waals surface area contributed by atoms with Crippen molar-refractivity contribution in [2.24, 2.45) is 5.73 Å². The van der Waals surface area contributed by atoms with Gasteiger partial charge in [0.25, 0.3) is 0 Å². The summed E-state index contributed by atoms with van der Waals surface area (Å²) in [7, 11) is 0. The predicted molar refractivity (Wildman–Crippen MR) is 87.7 cm³/mol. The SMILES string of the molecule is CC(C(=O)O)c1cc2cc(Cl)c(OCCCN)c(Cl)c2oc1=O. The van der Waals surface area contributed by atoms with Gasteiger partial charge in [0.05, 0.1) is 23.1 Å². The van der Waals surface area contributed by atoms with Crippen molar-refractivity contribution < 1.29 is 19.1 Å². The average molecular weight is 360 g/mol. The summed E-state index contributed by atoms with van der Waals surface area (Å²) in [5.41, 5.74) is 4.76. The Hall–Kier alpha value is -1.76. The minimum Gasteiger partial charge on any atom is -0.490 e. The lowest BCUT2D eigenvalue weighted by molar-refractivity contribution is -0.138. The zero-order chi connectivity index (χ0) is 17.1. The van der Waals surface area contributed by atoms with Crippen molar-refractivity contribution in [3.63, 3.8) is 0 Å². The highest BCUT2D eigenvalue weighted by Gasteiger charge is 2.22. The Morgan fingerprint density at radius 1 is 1.43 bits per heavy atom. The van der Waals surface area contributed by atoms with Crippen molar-refractivity contribution >= 4 is 40.1 Å². The van der Waals surface area contributed by atoms with E-state index in [1.807, 2.05) is 0 Å². The lowest BCUT2D eigenvalue weighted by Crippen LogP contribution is -2.17. The van der Waals surface area contributed by atoms with Gasteiger partial charge in [-0.3, -0.25) is 4.79 Å². The van der Waals surface area contributed by atoms with E-state index in [0.717, 1.165) is 0 Å². The minimum absolute atomic E-state index is 0.0222. The lowest BCUT2D eigenvalue weighted by Gasteiger charge is -2.12. The molecule has 1 heterocycles. The Labute approximate surface area is 141 Å². The van der Waals surface area contributed by atoms with Crippen LogP contribution in [0, 0.1) is 0 Å². The van der Waals surface area contributed by atoms with Gasteiger partial charge in [0, 0.05) is 5.39 Å². The third-order valence-electron chi connectivity index (χ3n) is 3.33. The van der Waals surface area contributed by atoms with Crippen molar-refractivity contribution in [1.29, 1.82) is 0 Å². The molecule has 124 valence electrons. The van der Waals surface area contributed by atoms with Gasteiger partial charge in [-0.05, 0) is 32.0 Å². The standard InChI is InChI=1S/C15H15Cl2NO5/c1-7(14(19)20)9-5-8-6-10(16)13(22-4-2-3-18)11(17)12(8)23-15(9)21/h5-7H,2-4,18H2,1H3,(H,19,20). The van der Waals surface area contributed by atoms with Crippen molar-refractivity contribution in [1.82, 2.24) is 0 Å². The van der Waals surface area contributed by atoms with Gasteiger partial charge in [-0.2, -0.15) is 0 Å². The molecule has 0 aliphatic rings. The molecule has 1 aromatic heterocycles. The van der Waals surface area contributed by atoms with Crippen LogP contribution in [-0.4, -0.2) is 24.2 Å². The summed E-state index contributed by atoms with van der Waals surface area (Å²) in [6.45, 7) is 2.17. The fourth-order valence-corrected chi connectivity index (χ4v) is 2.63. The molecule has 0 radical (unpaired) electrons. The summed E-state index contributed by atoms with van der Waals surface area (Å²) >= 11 is 12.3. The van der Waals surface area contributed by atoms with E-state index < -0.39 is 17.5 Å². The molecule has 0 amide bonds. The fraction of sp³-hybridized carbons (Fsp3) is 0.333. The maximum absolute atomic E-state index is 12.0. The number of halogens is 2. The highest BCUT2D eigenvalue weighted by molar-refractivity contribution is 6.40. The van der Waals surface area contributed by atoms with Crippen LogP contribution in [0.3, 0.4) is 0 Å². The minimum atomic E-state index is -1.13. The first-order chi connectivity index (χ1) is 10.9. The number of carboxylic acid groups (broad SMARTS) is 1. The Bertz CT molecular complexity index is 803. The summed E-state index contributed by atoms with van der Waals surface area (Å²) in [6, 6.07) is 2.93. The highest BCUT2D eigenvalue weighted by Crippen LogP contribution is 2.39. The van der Waals surface area contributed by atoms with Gasteiger partial charge in [0.15, 0.2) is 11.3 Å². The number of hydrogen-bond donors (Lipinski definition) is 2. The van der Waals surface area contributed by atoms with E-state index in [2.05, 4.69) is 0 Å². The maximum atomic E-state index is 12.0. The molecule has 1 unspecified atom stereocenters. The predicted octanol–water partition coefficient (Wildman–Crippen LogP) is 3.02. The Morgan fingerprint density at radius 2 is 2.13 bits per heavy atom. The summed E-state index contributed by atoms with van der Waals surface area (Å²) < 4.78 is 10.7. The number of aliphatic carboxylic acids is 1. The quantitative estimate of drug-likeness (QED) is 0.606. The van der Waals surface area contributed by atoms with Crippen molar-refractivity contribution in [3.8, 4) is 5.75 Å². The molecule has 0 saturated heterocycles. The molecular weight excluding hydrogens is 345 g/mol. The Kier molecular flexibility index (Phi) is 5.51. The molecule has 8 heteroatoms. The van der Waals surface area contributed by atoms with Crippen molar-refractivity contribution in [2.45, 2.75) is 19.3 Å². The maximum Gasteiger partial charge on any atom is 0.340 e. The van der Waals surface area contributed by atoms with Crippen LogP contribution in [0.1, 0.15) is 24.8 Å². The zero-order valence-electron chi connectivity index (χ0n) is 12.3. The molecule has 2 rings (SSSR count). The summed E-state index contributed by atoms with van der Waals surface area (Å²) in [4.78, 5) is 23.1. The Balaban J connectivity index is 2.56. The smallest absolute Gasteiger partial charge is 0.340 e. The van der Waals surface area contributed by atoms with Crippen LogP contribution < -0.4 is 16.1 Å². The number of hydrogen-bond acceptors (Lipinski definition) is 5. The Morgan fingerprint density at radius 3 is 2.74 bits per heavy atom. The first kappa shape index (κ1) is 17.6. The fourth-order valence-electron chi connectivity index (χ4n) is 2.02. The van der Waals surface area contributed by atoms with E-state index in [-0.39, 0.29) is 26.9 Å². The molecule has 1 aromatic carbocycles. The zero-order valence-corrected chi connectivity index (χ0v) is 13.8. The van der Waals surface area contributed by atoms with Crippen LogP contribution in [-0.2, 0) is 4.79 Å². The number of ether oxygens (including phenoxy) is 1. The largest absolute Gasteiger partial charge is 0.490 e. The molecule has 3 N–H and O–H groups in total. The summed E-state index contributed by atoms with van der Waals surface area (Å²) in [5, 5.41) is 9.77. The molecule has 0 aliphatic heterocycles. The van der Waals surface area contributed by atoms with Gasteiger partial charge in [0.1, 0.15) is 5.02 Å². The summed E-state index contributed by atoms with van der Waals surface area (Å²) in [5.74, 6) is -1.93. The van der Waals surface area contributed by atoms with Crippen molar-refractivity contribution in [3.05, 3.63) is 38.2 Å². The second kappa shape index (κ2) is 7.21. The molecule has 0 aliphatic carbocycles. The van der Waals surface area contributed by atoms with E-state index in [1.165, 1.54) is 19.1 Å². The number of rotatable bonds is 6. The first-order valence-electron chi connectivity index (χ1n) is 6.88. The average Bonchev–Trinajstić information content (AvgIpc) is 2.50. The molecule has 0 fully saturated rings. The van der Waals surface area contributed by atoms with Gasteiger partial charge >= 0.3 is 11.6 Å². The second-order valence-electron chi connectivity index (χ2n) is 4.96. The van der Waals surface area contributed by atoms with E-state index in [4.69, 9.17) is 43.2 Å². The summed E-state index contributed by atoms with van der Waals surface area (Å²) in [6.07, 6.45) is 0.615. The number of fused-ring (bicyclic) bond motifs is 1. The molecule has 0 bridgehead atoms. The van der Waals surface area contributed by atoms with Gasteiger partial charge < -0.3 is 20.0 Å². The molecule has 0 spiro atoms. The first-order valence-corrected chi connectivity index (χ1v) is 7.63. The molecule has 6 nitrogen and oxygen atoms in total. The van der Waals surface area contributed by atoms with Gasteiger partial charge in [-0.25, -0.2) is 4.79 Å². The topological polar surface area (TPSA) is 103 Å². The molecule has 2 aromatic rings.